The highest BCUT2D eigenvalue weighted by atomic mass is 32.2. The molecule has 0 aliphatic carbocycles. The fraction of sp³-hybridized carbons (Fsp3) is 0.250. The van der Waals surface area contributed by atoms with Crippen molar-refractivity contribution in [3.05, 3.63) is 88.5 Å². The van der Waals surface area contributed by atoms with Crippen LogP contribution in [0, 0.1) is 34.6 Å². The van der Waals surface area contributed by atoms with Gasteiger partial charge in [0, 0.05) is 11.8 Å². The number of benzene rings is 4. The van der Waals surface area contributed by atoms with Crippen molar-refractivity contribution in [2.45, 2.75) is 45.9 Å². The van der Waals surface area contributed by atoms with Crippen molar-refractivity contribution in [3.8, 4) is 5.75 Å². The van der Waals surface area contributed by atoms with Gasteiger partial charge in [0.2, 0.25) is 0 Å². The van der Waals surface area contributed by atoms with Crippen molar-refractivity contribution in [1.29, 1.82) is 0 Å². The zero-order chi connectivity index (χ0) is 38.8. The van der Waals surface area contributed by atoms with Crippen LogP contribution in [-0.2, 0) is 30.8 Å². The molecular formula is C32H35N7O10S3. The molecule has 4 N–H and O–H groups in total. The first-order valence-corrected chi connectivity index (χ1v) is 19.1. The van der Waals surface area contributed by atoms with Crippen LogP contribution >= 0.6 is 0 Å². The second-order valence-electron chi connectivity index (χ2n) is 11.3. The predicted molar refractivity (Wildman–Crippen MR) is 192 cm³/mol. The number of hydrogen-bond acceptors (Lipinski definition) is 15. The van der Waals surface area contributed by atoms with Crippen LogP contribution in [0.3, 0.4) is 0 Å². The molecule has 4 aromatic rings. The van der Waals surface area contributed by atoms with Gasteiger partial charge in [-0.05, 0) is 111 Å². The van der Waals surface area contributed by atoms with Gasteiger partial charge in [-0.15, -0.1) is 22.9 Å². The Morgan fingerprint density at radius 1 is 0.615 bits per heavy atom. The summed E-state index contributed by atoms with van der Waals surface area (Å²) in [5, 5.41) is 25.9. The Bertz CT molecular complexity index is 2390. The van der Waals surface area contributed by atoms with E-state index in [1.54, 1.807) is 19.1 Å². The lowest BCUT2D eigenvalue weighted by molar-refractivity contribution is 0.317. The molecule has 0 heterocycles. The number of nitrogens with two attached hydrogens (primary N) is 1. The number of aryl methyl sites for hydroxylation is 5. The average molecular weight is 774 g/mol. The number of rotatable bonds is 12. The molecular weight excluding hydrogens is 739 g/mol. The quantitative estimate of drug-likeness (QED) is 0.0537. The molecule has 0 amide bonds. The molecule has 20 heteroatoms. The van der Waals surface area contributed by atoms with Gasteiger partial charge in [-0.25, -0.2) is 0 Å². The van der Waals surface area contributed by atoms with E-state index in [0.717, 1.165) is 22.3 Å². The third-order valence-corrected chi connectivity index (χ3v) is 8.83. The zero-order valence-corrected chi connectivity index (χ0v) is 31.0. The maximum absolute atomic E-state index is 11.8. The first-order chi connectivity index (χ1) is 24.2. The molecule has 0 spiro atoms. The zero-order valence-electron chi connectivity index (χ0n) is 28.5. The van der Waals surface area contributed by atoms with Crippen LogP contribution in [-0.4, -0.2) is 50.9 Å². The van der Waals surface area contributed by atoms with Crippen molar-refractivity contribution in [3.63, 3.8) is 0 Å². The second-order valence-corrected chi connectivity index (χ2v) is 14.6. The summed E-state index contributed by atoms with van der Waals surface area (Å²) in [4.78, 5) is -0.410. The summed E-state index contributed by atoms with van der Waals surface area (Å²) in [7, 11) is -11.8. The molecule has 4 rings (SSSR count). The summed E-state index contributed by atoms with van der Waals surface area (Å²) in [5.41, 5.74) is 13.1. The van der Waals surface area contributed by atoms with Crippen molar-refractivity contribution >= 4 is 70.7 Å². The third-order valence-electron chi connectivity index (χ3n) is 7.12. The summed E-state index contributed by atoms with van der Waals surface area (Å²) in [6.07, 6.45) is -0.00828. The van der Waals surface area contributed by atoms with Gasteiger partial charge in [-0.2, -0.15) is 37.3 Å². The maximum Gasteiger partial charge on any atom is 0.425 e. The Balaban J connectivity index is 0.00000173. The number of hydrogen-bond donors (Lipinski definition) is 3. The topological polar surface area (TPSA) is 269 Å². The summed E-state index contributed by atoms with van der Waals surface area (Å²) in [6, 6.07) is 16.1. The first-order valence-electron chi connectivity index (χ1n) is 15.0. The van der Waals surface area contributed by atoms with Crippen molar-refractivity contribution < 1.29 is 43.3 Å². The molecule has 0 bridgehead atoms. The largest absolute Gasteiger partial charge is 0.491 e. The molecule has 0 aliphatic heterocycles. The Kier molecular flexibility index (Phi) is 14.1. The second kappa shape index (κ2) is 17.8. The van der Waals surface area contributed by atoms with Crippen LogP contribution in [0.5, 0.6) is 5.75 Å². The van der Waals surface area contributed by atoms with Crippen molar-refractivity contribution in [2.75, 3.05) is 18.1 Å². The molecule has 0 saturated carbocycles. The van der Waals surface area contributed by atoms with E-state index in [1.807, 2.05) is 52.0 Å². The minimum absolute atomic E-state index is 0.00828. The molecule has 0 fully saturated rings. The molecule has 0 radical (unpaired) electrons. The van der Waals surface area contributed by atoms with Crippen molar-refractivity contribution in [2.24, 2.45) is 30.7 Å². The van der Waals surface area contributed by atoms with Gasteiger partial charge in [0.15, 0.2) is 0 Å². The molecule has 0 saturated heterocycles. The molecule has 0 aromatic heterocycles. The van der Waals surface area contributed by atoms with E-state index in [-0.39, 0.29) is 30.2 Å². The van der Waals surface area contributed by atoms with Gasteiger partial charge in [-0.3, -0.25) is 9.11 Å². The van der Waals surface area contributed by atoms with Crippen LogP contribution in [0.1, 0.15) is 34.2 Å². The molecule has 276 valence electrons. The van der Waals surface area contributed by atoms with E-state index in [4.69, 9.17) is 27.6 Å². The normalized spacial score (nSPS) is 12.0. The van der Waals surface area contributed by atoms with Crippen LogP contribution < -0.4 is 10.5 Å². The Morgan fingerprint density at radius 3 is 1.52 bits per heavy atom. The minimum Gasteiger partial charge on any atom is -0.491 e. The Hall–Kier alpha value is -5.28. The summed E-state index contributed by atoms with van der Waals surface area (Å²) >= 11 is 0. The van der Waals surface area contributed by atoms with E-state index in [1.165, 1.54) is 24.3 Å². The minimum atomic E-state index is -4.54. The highest BCUT2D eigenvalue weighted by molar-refractivity contribution is 7.86. The lowest BCUT2D eigenvalue weighted by atomic mass is 10.1. The fourth-order valence-corrected chi connectivity index (χ4v) is 5.51. The third kappa shape index (κ3) is 12.5. The monoisotopic (exact) mass is 773 g/mol. The SMILES string of the molecule is Cc1cc(N=Nc2cc(C)c(N=Nc3cc(C)c(N=Nc4ccccc4S(=O)(=O)O)cc3OCCCS(=O)(=O)O)cc2C)c(C)cc1N.O=S(=O)=O. The molecule has 4 aromatic carbocycles. The Morgan fingerprint density at radius 2 is 1.02 bits per heavy atom. The number of nitrogen functional groups attached to an aromatic ring is 1. The van der Waals surface area contributed by atoms with E-state index in [9.17, 15) is 21.4 Å². The lowest BCUT2D eigenvalue weighted by Crippen LogP contribution is -2.08. The van der Waals surface area contributed by atoms with Gasteiger partial charge < -0.3 is 10.5 Å². The highest BCUT2D eigenvalue weighted by Gasteiger charge is 2.16. The summed E-state index contributed by atoms with van der Waals surface area (Å²) in [6.45, 7) is 9.20. The first kappa shape index (κ1) is 41.1. The molecule has 17 nitrogen and oxygen atoms in total. The highest BCUT2D eigenvalue weighted by Crippen LogP contribution is 2.38. The van der Waals surface area contributed by atoms with E-state index < -0.39 is 41.5 Å². The van der Waals surface area contributed by atoms with Gasteiger partial charge in [0.25, 0.3) is 20.2 Å². The van der Waals surface area contributed by atoms with Crippen LogP contribution in [0.15, 0.2) is 96.2 Å². The number of ether oxygens (including phenoxy) is 1. The van der Waals surface area contributed by atoms with Crippen LogP contribution in [0.25, 0.3) is 0 Å². The van der Waals surface area contributed by atoms with E-state index >= 15 is 0 Å². The smallest absolute Gasteiger partial charge is 0.425 e. The lowest BCUT2D eigenvalue weighted by Gasteiger charge is -2.11. The number of azo groups is 3. The molecule has 0 aliphatic rings. The maximum atomic E-state index is 11.8. The summed E-state index contributed by atoms with van der Waals surface area (Å²) in [5.74, 6) is -0.320. The van der Waals surface area contributed by atoms with E-state index in [0.29, 0.717) is 34.0 Å². The van der Waals surface area contributed by atoms with Crippen LogP contribution in [0.2, 0.25) is 0 Å². The van der Waals surface area contributed by atoms with Gasteiger partial charge in [0.05, 0.1) is 35.1 Å². The Labute approximate surface area is 302 Å². The van der Waals surface area contributed by atoms with Crippen LogP contribution in [0.4, 0.5) is 39.8 Å². The van der Waals surface area contributed by atoms with Gasteiger partial charge in [0.1, 0.15) is 22.0 Å². The summed E-state index contributed by atoms with van der Waals surface area (Å²) < 4.78 is 95.7. The standard InChI is InChI=1S/C32H35N7O7S2.O3S/c1-19-14-26(20(2)13-24(19)33)35-36-27-15-22(4)28(16-21(27)3)37-39-30-17-23(5)29(18-31(30)46-11-8-12-47(40,41)42)38-34-25-9-6-7-10-32(25)48(43,44)45;1-4(2)3/h6-7,9-10,13-18H,8,11-12,33H2,1-5H3,(H,40,41,42)(H,43,44,45);. The predicted octanol–water partition coefficient (Wildman–Crippen LogP) is 7.96. The molecule has 52 heavy (non-hydrogen) atoms. The molecule has 0 atom stereocenters. The molecule has 0 unspecified atom stereocenters. The van der Waals surface area contributed by atoms with Gasteiger partial charge >= 0.3 is 10.6 Å². The van der Waals surface area contributed by atoms with E-state index in [2.05, 4.69) is 30.7 Å². The van der Waals surface area contributed by atoms with Crippen molar-refractivity contribution in [1.82, 2.24) is 0 Å². The fourth-order valence-electron chi connectivity index (χ4n) is 4.40. The number of anilines is 1. The van der Waals surface area contributed by atoms with Gasteiger partial charge in [-0.1, -0.05) is 12.1 Å². The average Bonchev–Trinajstić information content (AvgIpc) is 3.03. The number of nitrogens with zero attached hydrogens (tertiary/aromatic N) is 6.